The molecule has 0 atom stereocenters. The lowest BCUT2D eigenvalue weighted by atomic mass is 9.97. The van der Waals surface area contributed by atoms with Gasteiger partial charge in [-0.25, -0.2) is 4.98 Å². The fourth-order valence-corrected chi connectivity index (χ4v) is 4.88. The van der Waals surface area contributed by atoms with Gasteiger partial charge in [0.2, 0.25) is 0 Å². The highest BCUT2D eigenvalue weighted by Crippen LogP contribution is 2.30. The Morgan fingerprint density at radius 1 is 0.971 bits per heavy atom. The molecule has 0 aliphatic rings. The zero-order valence-electron chi connectivity index (χ0n) is 20.1. The van der Waals surface area contributed by atoms with Gasteiger partial charge in [0.1, 0.15) is 15.3 Å². The molecule has 0 N–H and O–H groups in total. The van der Waals surface area contributed by atoms with E-state index in [1.807, 2.05) is 24.3 Å². The molecule has 0 saturated carbocycles. The minimum absolute atomic E-state index is 0.0458. The van der Waals surface area contributed by atoms with Crippen LogP contribution in [0.5, 0.6) is 5.75 Å². The molecular weight excluding hydrogens is 568 g/mol. The zero-order valence-corrected chi connectivity index (χ0v) is 23.3. The highest BCUT2D eigenvalue weighted by Gasteiger charge is 2.21. The van der Waals surface area contributed by atoms with Crippen molar-refractivity contribution in [3.63, 3.8) is 0 Å². The molecule has 6 heteroatoms. The Balaban J connectivity index is 1.78. The number of halogens is 2. The van der Waals surface area contributed by atoms with Crippen molar-refractivity contribution in [1.82, 2.24) is 9.55 Å². The third-order valence-corrected chi connectivity index (χ3v) is 6.91. The number of hydrogen-bond acceptors (Lipinski definition) is 3. The van der Waals surface area contributed by atoms with Gasteiger partial charge in [-0.05, 0) is 59.9 Å². The molecule has 1 aromatic heterocycles. The highest BCUT2D eigenvalue weighted by atomic mass is 79.9. The summed E-state index contributed by atoms with van der Waals surface area (Å²) in [6.45, 7) is 4.23. The lowest BCUT2D eigenvalue weighted by molar-refractivity contribution is 0.414. The van der Waals surface area contributed by atoms with Crippen molar-refractivity contribution in [2.75, 3.05) is 7.11 Å². The number of nitrogens with zero attached hydrogens (tertiary/aromatic N) is 2. The summed E-state index contributed by atoms with van der Waals surface area (Å²) in [6.07, 6.45) is 2.18. The molecular formula is C29H28Br2N2O2. The van der Waals surface area contributed by atoms with Crippen LogP contribution in [0.3, 0.4) is 0 Å². The minimum atomic E-state index is -0.261. The predicted octanol–water partition coefficient (Wildman–Crippen LogP) is 7.55. The highest BCUT2D eigenvalue weighted by molar-refractivity contribution is 9.24. The van der Waals surface area contributed by atoms with Crippen LogP contribution in [0.1, 0.15) is 45.3 Å². The van der Waals surface area contributed by atoms with Crippen LogP contribution in [0.2, 0.25) is 0 Å². The molecule has 4 aromatic rings. The van der Waals surface area contributed by atoms with Crippen molar-refractivity contribution < 1.29 is 4.74 Å². The number of aryl methyl sites for hydroxylation is 2. The van der Waals surface area contributed by atoms with E-state index in [0.717, 1.165) is 41.1 Å². The summed E-state index contributed by atoms with van der Waals surface area (Å²) in [7, 11) is 1.63. The summed E-state index contributed by atoms with van der Waals surface area (Å²) in [5.74, 6) is 1.37. The maximum absolute atomic E-state index is 13.9. The van der Waals surface area contributed by atoms with Crippen LogP contribution in [-0.2, 0) is 12.8 Å². The first-order chi connectivity index (χ1) is 16.9. The van der Waals surface area contributed by atoms with Gasteiger partial charge >= 0.3 is 0 Å². The molecule has 3 aromatic carbocycles. The van der Waals surface area contributed by atoms with Crippen molar-refractivity contribution in [3.05, 3.63) is 111 Å². The largest absolute Gasteiger partial charge is 0.497 e. The summed E-state index contributed by atoms with van der Waals surface area (Å²) in [6, 6.07) is 24.3. The second-order valence-corrected chi connectivity index (χ2v) is 11.5. The van der Waals surface area contributed by atoms with Crippen LogP contribution in [0, 0.1) is 6.92 Å². The fourth-order valence-electron chi connectivity index (χ4n) is 4.27. The average molecular weight is 596 g/mol. The van der Waals surface area contributed by atoms with Gasteiger partial charge in [-0.1, -0.05) is 93.7 Å². The second kappa shape index (κ2) is 11.4. The molecule has 0 radical (unpaired) electrons. The third kappa shape index (κ3) is 5.60. The molecule has 0 aliphatic heterocycles. The molecule has 1 heterocycles. The Labute approximate surface area is 223 Å². The molecule has 0 bridgehead atoms. The van der Waals surface area contributed by atoms with E-state index >= 15 is 0 Å². The SMILES string of the molecule is CCCc1nc(C(Br)Br)n(-c2ccc(OC)cc2)c(=O)c1Cc1ccc(-c2ccccc2C)cc1. The molecule has 0 fully saturated rings. The molecule has 0 spiro atoms. The van der Waals surface area contributed by atoms with Crippen molar-refractivity contribution in [2.24, 2.45) is 0 Å². The lowest BCUT2D eigenvalue weighted by Gasteiger charge is -2.18. The van der Waals surface area contributed by atoms with E-state index < -0.39 is 0 Å². The predicted molar refractivity (Wildman–Crippen MR) is 150 cm³/mol. The Morgan fingerprint density at radius 2 is 1.66 bits per heavy atom. The van der Waals surface area contributed by atoms with Crippen LogP contribution < -0.4 is 10.3 Å². The van der Waals surface area contributed by atoms with Crippen molar-refractivity contribution in [2.45, 2.75) is 36.8 Å². The Morgan fingerprint density at radius 3 is 2.26 bits per heavy atom. The van der Waals surface area contributed by atoms with Crippen LogP contribution >= 0.6 is 31.9 Å². The molecule has 0 amide bonds. The summed E-state index contributed by atoms with van der Waals surface area (Å²) in [4.78, 5) is 18.9. The summed E-state index contributed by atoms with van der Waals surface area (Å²) in [5.41, 5.74) is 7.01. The van der Waals surface area contributed by atoms with Gasteiger partial charge in [0.05, 0.1) is 18.5 Å². The van der Waals surface area contributed by atoms with Gasteiger partial charge in [0.15, 0.2) is 0 Å². The Hall–Kier alpha value is -2.70. The normalized spacial score (nSPS) is 11.1. The van der Waals surface area contributed by atoms with Crippen molar-refractivity contribution in [1.29, 1.82) is 0 Å². The number of hydrogen-bond donors (Lipinski definition) is 0. The van der Waals surface area contributed by atoms with E-state index in [0.29, 0.717) is 12.2 Å². The summed E-state index contributed by atoms with van der Waals surface area (Å²) < 4.78 is 6.72. The quantitative estimate of drug-likeness (QED) is 0.198. The Kier molecular flexibility index (Phi) is 8.24. The number of methoxy groups -OCH3 is 1. The van der Waals surface area contributed by atoms with E-state index in [9.17, 15) is 4.79 Å². The number of rotatable bonds is 8. The van der Waals surface area contributed by atoms with Gasteiger partial charge in [-0.3, -0.25) is 9.36 Å². The van der Waals surface area contributed by atoms with Gasteiger partial charge in [-0.15, -0.1) is 0 Å². The van der Waals surface area contributed by atoms with Gasteiger partial charge in [0.25, 0.3) is 5.56 Å². The number of ether oxygens (including phenoxy) is 1. The second-order valence-electron chi connectivity index (χ2n) is 8.47. The number of benzene rings is 3. The first kappa shape index (κ1) is 25.4. The number of alkyl halides is 2. The van der Waals surface area contributed by atoms with E-state index in [-0.39, 0.29) is 9.30 Å². The summed E-state index contributed by atoms with van der Waals surface area (Å²) in [5, 5.41) is 0. The number of aromatic nitrogens is 2. The third-order valence-electron chi connectivity index (χ3n) is 6.09. The van der Waals surface area contributed by atoms with E-state index in [1.165, 1.54) is 16.7 Å². The standard InChI is InChI=1S/C29H28Br2N2O2/c1-4-7-26-25(18-20-10-12-21(13-11-20)24-9-6-5-8-19(24)2)29(34)33(28(32-26)27(30)31)22-14-16-23(35-3)17-15-22/h5-6,8-17,27H,4,7,18H2,1-3H3. The average Bonchev–Trinajstić information content (AvgIpc) is 2.87. The molecule has 0 unspecified atom stereocenters. The van der Waals surface area contributed by atoms with E-state index in [4.69, 9.17) is 9.72 Å². The summed E-state index contributed by atoms with van der Waals surface area (Å²) >= 11 is 7.15. The van der Waals surface area contributed by atoms with E-state index in [2.05, 4.69) is 94.2 Å². The first-order valence-corrected chi connectivity index (χ1v) is 13.5. The van der Waals surface area contributed by atoms with E-state index in [1.54, 1.807) is 11.7 Å². The molecule has 0 saturated heterocycles. The zero-order chi connectivity index (χ0) is 24.9. The first-order valence-electron chi connectivity index (χ1n) is 11.6. The van der Waals surface area contributed by atoms with Gasteiger partial charge in [-0.2, -0.15) is 0 Å². The molecule has 35 heavy (non-hydrogen) atoms. The Bertz CT molecular complexity index is 1360. The van der Waals surface area contributed by atoms with Crippen molar-refractivity contribution in [3.8, 4) is 22.6 Å². The molecule has 4 nitrogen and oxygen atoms in total. The van der Waals surface area contributed by atoms with Crippen LogP contribution in [0.25, 0.3) is 16.8 Å². The van der Waals surface area contributed by atoms with Gasteiger partial charge < -0.3 is 4.74 Å². The smallest absolute Gasteiger partial charge is 0.261 e. The maximum Gasteiger partial charge on any atom is 0.261 e. The topological polar surface area (TPSA) is 44.1 Å². The van der Waals surface area contributed by atoms with Crippen LogP contribution in [0.15, 0.2) is 77.6 Å². The monoisotopic (exact) mass is 594 g/mol. The van der Waals surface area contributed by atoms with Crippen LogP contribution in [-0.4, -0.2) is 16.7 Å². The maximum atomic E-state index is 13.9. The lowest BCUT2D eigenvalue weighted by Crippen LogP contribution is -2.29. The van der Waals surface area contributed by atoms with Gasteiger partial charge in [0, 0.05) is 12.0 Å². The molecule has 4 rings (SSSR count). The van der Waals surface area contributed by atoms with Crippen molar-refractivity contribution >= 4 is 31.9 Å². The molecule has 180 valence electrons. The molecule has 0 aliphatic carbocycles. The van der Waals surface area contributed by atoms with Crippen LogP contribution in [0.4, 0.5) is 0 Å². The fraction of sp³-hybridized carbons (Fsp3) is 0.241. The minimum Gasteiger partial charge on any atom is -0.497 e.